The molecule has 0 bridgehead atoms. The zero-order valence-electron chi connectivity index (χ0n) is 17.4. The number of carbonyl (C=O) groups is 2. The van der Waals surface area contributed by atoms with Crippen LogP contribution in [0.4, 0.5) is 11.5 Å². The zero-order chi connectivity index (χ0) is 22.2. The number of aromatic nitrogens is 2. The van der Waals surface area contributed by atoms with Crippen LogP contribution in [0, 0.1) is 0 Å². The second kappa shape index (κ2) is 10.2. The Morgan fingerprint density at radius 2 is 1.77 bits per heavy atom. The number of carbonyl (C=O) groups excluding carboxylic acids is 1. The number of benzene rings is 2. The number of nitrogens with one attached hydrogen (secondary N) is 1. The van der Waals surface area contributed by atoms with Crippen molar-refractivity contribution in [2.75, 3.05) is 24.3 Å². The van der Waals surface area contributed by atoms with Crippen LogP contribution in [0.25, 0.3) is 6.08 Å². The number of aliphatic carboxylic acids is 1. The molecular weight excluding hydrogens is 392 g/mol. The molecule has 0 atom stereocenters. The van der Waals surface area contributed by atoms with E-state index in [4.69, 9.17) is 5.11 Å². The number of nitrogens with zero attached hydrogens (tertiary/aromatic N) is 3. The number of rotatable bonds is 8. The van der Waals surface area contributed by atoms with E-state index in [-0.39, 0.29) is 12.3 Å². The summed E-state index contributed by atoms with van der Waals surface area (Å²) in [7, 11) is 3.64. The highest BCUT2D eigenvalue weighted by Crippen LogP contribution is 2.18. The van der Waals surface area contributed by atoms with E-state index in [9.17, 15) is 9.59 Å². The number of carboxylic acid groups (broad SMARTS) is 1. The molecule has 2 aromatic carbocycles. The highest BCUT2D eigenvalue weighted by Gasteiger charge is 2.12. The van der Waals surface area contributed by atoms with Crippen LogP contribution in [0.5, 0.6) is 0 Å². The van der Waals surface area contributed by atoms with E-state index >= 15 is 0 Å². The lowest BCUT2D eigenvalue weighted by atomic mass is 10.1. The molecule has 0 spiro atoms. The maximum absolute atomic E-state index is 12.1. The summed E-state index contributed by atoms with van der Waals surface area (Å²) in [5, 5.41) is 11.9. The zero-order valence-corrected chi connectivity index (χ0v) is 17.4. The van der Waals surface area contributed by atoms with Crippen molar-refractivity contribution < 1.29 is 14.7 Å². The molecule has 2 N–H and O–H groups in total. The smallest absolute Gasteiger partial charge is 0.308 e. The standard InChI is InChI=1S/C24H24N4O3/c1-28(2)24-19(15-23(30)31)16-25-21(27-24)14-18-8-11-20(12-9-18)26-22(29)13-10-17-6-4-3-5-7-17/h3-13,16H,14-15H2,1-2H3,(H,26,29)(H,30,31)/b13-10+. The maximum atomic E-state index is 12.1. The van der Waals surface area contributed by atoms with Crippen LogP contribution in [0.15, 0.2) is 66.9 Å². The summed E-state index contributed by atoms with van der Waals surface area (Å²) in [6, 6.07) is 17.1. The van der Waals surface area contributed by atoms with E-state index in [1.807, 2.05) is 68.7 Å². The van der Waals surface area contributed by atoms with Gasteiger partial charge in [0.2, 0.25) is 5.91 Å². The first kappa shape index (κ1) is 21.7. The molecular formula is C24H24N4O3. The van der Waals surface area contributed by atoms with Crippen LogP contribution in [-0.4, -0.2) is 41.0 Å². The Hall–Kier alpha value is -4.00. The third kappa shape index (κ3) is 6.50. The normalized spacial score (nSPS) is 10.8. The van der Waals surface area contributed by atoms with Gasteiger partial charge in [-0.05, 0) is 29.3 Å². The average Bonchev–Trinajstić information content (AvgIpc) is 2.75. The topological polar surface area (TPSA) is 95.4 Å². The molecule has 0 unspecified atom stereocenters. The minimum atomic E-state index is -0.921. The largest absolute Gasteiger partial charge is 0.481 e. The van der Waals surface area contributed by atoms with E-state index < -0.39 is 5.97 Å². The first-order valence-electron chi connectivity index (χ1n) is 9.77. The summed E-state index contributed by atoms with van der Waals surface area (Å²) >= 11 is 0. The van der Waals surface area contributed by atoms with E-state index in [2.05, 4.69) is 15.3 Å². The van der Waals surface area contributed by atoms with Gasteiger partial charge in [0.15, 0.2) is 0 Å². The van der Waals surface area contributed by atoms with Crippen molar-refractivity contribution in [2.45, 2.75) is 12.8 Å². The lowest BCUT2D eigenvalue weighted by Gasteiger charge is -2.16. The molecule has 3 aromatic rings. The van der Waals surface area contributed by atoms with Crippen molar-refractivity contribution in [3.05, 3.63) is 89.4 Å². The highest BCUT2D eigenvalue weighted by molar-refractivity contribution is 6.01. The van der Waals surface area contributed by atoms with Crippen LogP contribution >= 0.6 is 0 Å². The first-order valence-corrected chi connectivity index (χ1v) is 9.77. The minimum Gasteiger partial charge on any atom is -0.481 e. The van der Waals surface area contributed by atoms with Gasteiger partial charge in [0.25, 0.3) is 0 Å². The van der Waals surface area contributed by atoms with Gasteiger partial charge in [0.1, 0.15) is 11.6 Å². The molecule has 3 rings (SSSR count). The predicted molar refractivity (Wildman–Crippen MR) is 121 cm³/mol. The number of anilines is 2. The summed E-state index contributed by atoms with van der Waals surface area (Å²) in [6.07, 6.45) is 5.20. The molecule has 0 radical (unpaired) electrons. The summed E-state index contributed by atoms with van der Waals surface area (Å²) in [6.45, 7) is 0. The Morgan fingerprint density at radius 3 is 2.42 bits per heavy atom. The van der Waals surface area contributed by atoms with Gasteiger partial charge in [0.05, 0.1) is 6.42 Å². The Labute approximate surface area is 181 Å². The fourth-order valence-corrected chi connectivity index (χ4v) is 3.00. The molecule has 31 heavy (non-hydrogen) atoms. The quantitative estimate of drug-likeness (QED) is 0.547. The van der Waals surface area contributed by atoms with Crippen LogP contribution in [0.3, 0.4) is 0 Å². The lowest BCUT2D eigenvalue weighted by Crippen LogP contribution is -2.17. The number of carboxylic acids is 1. The Bertz CT molecular complexity index is 1080. The van der Waals surface area contributed by atoms with Crippen LogP contribution < -0.4 is 10.2 Å². The molecule has 0 fully saturated rings. The summed E-state index contributed by atoms with van der Waals surface area (Å²) in [5.41, 5.74) is 3.20. The van der Waals surface area contributed by atoms with E-state index in [1.54, 1.807) is 17.2 Å². The molecule has 0 saturated carbocycles. The Morgan fingerprint density at radius 1 is 1.06 bits per heavy atom. The molecule has 0 saturated heterocycles. The second-order valence-electron chi connectivity index (χ2n) is 7.21. The van der Waals surface area contributed by atoms with Gasteiger partial charge in [-0.3, -0.25) is 9.59 Å². The fourth-order valence-electron chi connectivity index (χ4n) is 3.00. The molecule has 0 aliphatic carbocycles. The number of amides is 1. The summed E-state index contributed by atoms with van der Waals surface area (Å²) in [5.74, 6) is 0.0715. The van der Waals surface area contributed by atoms with Crippen LogP contribution in [0.1, 0.15) is 22.5 Å². The Kier molecular flexibility index (Phi) is 7.11. The molecule has 0 aliphatic rings. The Balaban J connectivity index is 1.64. The van der Waals surface area contributed by atoms with Crippen molar-refractivity contribution in [3.8, 4) is 0 Å². The third-order valence-corrected chi connectivity index (χ3v) is 4.47. The van der Waals surface area contributed by atoms with E-state index in [1.165, 1.54) is 6.08 Å². The molecule has 158 valence electrons. The van der Waals surface area contributed by atoms with Gasteiger partial charge in [-0.2, -0.15) is 0 Å². The maximum Gasteiger partial charge on any atom is 0.308 e. The van der Waals surface area contributed by atoms with Crippen LogP contribution in [0.2, 0.25) is 0 Å². The van der Waals surface area contributed by atoms with Crippen molar-refractivity contribution >= 4 is 29.5 Å². The molecule has 1 heterocycles. The number of hydrogen-bond donors (Lipinski definition) is 2. The molecule has 0 aliphatic heterocycles. The van der Waals surface area contributed by atoms with Gasteiger partial charge in [-0.1, -0.05) is 42.5 Å². The molecule has 1 aromatic heterocycles. The van der Waals surface area contributed by atoms with Gasteiger partial charge in [0, 0.05) is 44.0 Å². The summed E-state index contributed by atoms with van der Waals surface area (Å²) < 4.78 is 0. The fraction of sp³-hybridized carbons (Fsp3) is 0.167. The van der Waals surface area contributed by atoms with E-state index in [0.717, 1.165) is 11.1 Å². The van der Waals surface area contributed by atoms with Gasteiger partial charge in [-0.15, -0.1) is 0 Å². The third-order valence-electron chi connectivity index (χ3n) is 4.47. The van der Waals surface area contributed by atoms with Gasteiger partial charge in [-0.25, -0.2) is 9.97 Å². The SMILES string of the molecule is CN(C)c1nc(Cc2ccc(NC(=O)/C=C/c3ccccc3)cc2)ncc1CC(=O)O. The van der Waals surface area contributed by atoms with Gasteiger partial charge >= 0.3 is 5.97 Å². The second-order valence-corrected chi connectivity index (χ2v) is 7.21. The molecule has 7 heteroatoms. The van der Waals surface area contributed by atoms with E-state index in [0.29, 0.717) is 29.3 Å². The lowest BCUT2D eigenvalue weighted by molar-refractivity contribution is -0.136. The van der Waals surface area contributed by atoms with Crippen LogP contribution in [-0.2, 0) is 22.4 Å². The van der Waals surface area contributed by atoms with Crippen molar-refractivity contribution in [3.63, 3.8) is 0 Å². The van der Waals surface area contributed by atoms with Crippen molar-refractivity contribution in [1.82, 2.24) is 9.97 Å². The van der Waals surface area contributed by atoms with Crippen molar-refractivity contribution in [2.24, 2.45) is 0 Å². The van der Waals surface area contributed by atoms with Gasteiger partial charge < -0.3 is 15.3 Å². The molecule has 1 amide bonds. The summed E-state index contributed by atoms with van der Waals surface area (Å²) in [4.78, 5) is 33.8. The first-order chi connectivity index (χ1) is 14.9. The highest BCUT2D eigenvalue weighted by atomic mass is 16.4. The monoisotopic (exact) mass is 416 g/mol. The number of hydrogen-bond acceptors (Lipinski definition) is 5. The average molecular weight is 416 g/mol. The predicted octanol–water partition coefficient (Wildman–Crippen LogP) is 3.41. The van der Waals surface area contributed by atoms with Crippen molar-refractivity contribution in [1.29, 1.82) is 0 Å². The molecule has 7 nitrogen and oxygen atoms in total. The minimum absolute atomic E-state index is 0.124.